The van der Waals surface area contributed by atoms with Gasteiger partial charge in [0.1, 0.15) is 0 Å². The van der Waals surface area contributed by atoms with Gasteiger partial charge in [-0.05, 0) is 12.1 Å². The molecule has 20 heavy (non-hydrogen) atoms. The van der Waals surface area contributed by atoms with Crippen LogP contribution in [0.1, 0.15) is 5.56 Å². The van der Waals surface area contributed by atoms with E-state index in [1.54, 1.807) is 21.3 Å². The van der Waals surface area contributed by atoms with E-state index in [0.29, 0.717) is 0 Å². The van der Waals surface area contributed by atoms with E-state index in [1.807, 2.05) is 6.07 Å². The van der Waals surface area contributed by atoms with E-state index in [1.165, 1.54) is 5.56 Å². The van der Waals surface area contributed by atoms with Crippen molar-refractivity contribution in [1.29, 1.82) is 0 Å². The molecule has 5 nitrogen and oxygen atoms in total. The van der Waals surface area contributed by atoms with Crippen LogP contribution in [0.25, 0.3) is 0 Å². The quantitative estimate of drug-likeness (QED) is 0.475. The fourth-order valence-electron chi connectivity index (χ4n) is 1.93. The Morgan fingerprint density at radius 1 is 0.850 bits per heavy atom. The summed E-state index contributed by atoms with van der Waals surface area (Å²) in [7, 11) is 2.50. The predicted molar refractivity (Wildman–Crippen MR) is 82.6 cm³/mol. The second-order valence-corrected chi connectivity index (χ2v) is 7.55. The highest BCUT2D eigenvalue weighted by Gasteiger charge is 2.36. The van der Waals surface area contributed by atoms with Crippen molar-refractivity contribution in [2.75, 3.05) is 41.0 Å². The first-order valence-corrected chi connectivity index (χ1v) is 8.80. The third-order valence-corrected chi connectivity index (χ3v) is 5.92. The van der Waals surface area contributed by atoms with E-state index in [4.69, 9.17) is 13.3 Å². The van der Waals surface area contributed by atoms with Gasteiger partial charge >= 0.3 is 8.80 Å². The Labute approximate surface area is 123 Å². The molecule has 0 saturated heterocycles. The normalized spacial score (nSPS) is 11.8. The molecule has 2 N–H and O–H groups in total. The third kappa shape index (κ3) is 6.13. The first-order chi connectivity index (χ1) is 9.76. The molecule has 0 fully saturated rings. The molecule has 0 atom stereocenters. The molecule has 0 bridgehead atoms. The van der Waals surface area contributed by atoms with Gasteiger partial charge in [-0.3, -0.25) is 0 Å². The Morgan fingerprint density at radius 3 is 2.05 bits per heavy atom. The Morgan fingerprint density at radius 2 is 1.45 bits per heavy atom. The highest BCUT2D eigenvalue weighted by Crippen LogP contribution is 2.10. The molecule has 0 aliphatic carbocycles. The zero-order valence-electron chi connectivity index (χ0n) is 12.6. The van der Waals surface area contributed by atoms with Crippen LogP contribution in [0, 0.1) is 0 Å². The zero-order valence-corrected chi connectivity index (χ0v) is 13.6. The maximum absolute atomic E-state index is 5.36. The summed E-state index contributed by atoms with van der Waals surface area (Å²) in [5.41, 5.74) is 1.30. The van der Waals surface area contributed by atoms with Gasteiger partial charge in [-0.2, -0.15) is 0 Å². The van der Waals surface area contributed by atoms with E-state index in [0.717, 1.165) is 32.2 Å². The topological polar surface area (TPSA) is 51.8 Å². The minimum Gasteiger partial charge on any atom is -0.377 e. The van der Waals surface area contributed by atoms with Crippen LogP contribution in [0.5, 0.6) is 0 Å². The lowest BCUT2D eigenvalue weighted by Crippen LogP contribution is -2.45. The maximum atomic E-state index is 5.36. The monoisotopic (exact) mass is 298 g/mol. The molecular weight excluding hydrogens is 272 g/mol. The number of hydrogen-bond donors (Lipinski definition) is 2. The first-order valence-electron chi connectivity index (χ1n) is 6.87. The van der Waals surface area contributed by atoms with Crippen LogP contribution in [-0.4, -0.2) is 49.8 Å². The summed E-state index contributed by atoms with van der Waals surface area (Å²) in [5.74, 6) is 0. The molecule has 0 heterocycles. The van der Waals surface area contributed by atoms with E-state index in [2.05, 4.69) is 34.9 Å². The van der Waals surface area contributed by atoms with Crippen molar-refractivity contribution in [3.05, 3.63) is 35.9 Å². The van der Waals surface area contributed by atoms with Crippen LogP contribution < -0.4 is 10.6 Å². The summed E-state index contributed by atoms with van der Waals surface area (Å²) >= 11 is 0. The van der Waals surface area contributed by atoms with Gasteiger partial charge < -0.3 is 23.9 Å². The van der Waals surface area contributed by atoms with Gasteiger partial charge in [0, 0.05) is 47.0 Å². The Bertz CT molecular complexity index is 339. The maximum Gasteiger partial charge on any atom is 0.501 e. The van der Waals surface area contributed by atoms with Crippen LogP contribution in [0.3, 0.4) is 0 Å². The minimum atomic E-state index is -2.42. The fraction of sp³-hybridized carbons (Fsp3) is 0.571. The molecule has 0 spiro atoms. The summed E-state index contributed by atoms with van der Waals surface area (Å²) in [4.78, 5) is 0. The SMILES string of the molecule is CO[Si](CCNCCNCc1ccccc1)(OC)OC. The van der Waals surface area contributed by atoms with E-state index in [-0.39, 0.29) is 0 Å². The molecule has 1 aromatic rings. The van der Waals surface area contributed by atoms with Crippen molar-refractivity contribution in [2.45, 2.75) is 12.6 Å². The standard InChI is InChI=1S/C14H26N2O3Si/c1-17-20(18-2,19-3)12-11-15-9-10-16-13-14-7-5-4-6-8-14/h4-8,15-16H,9-13H2,1-3H3. The predicted octanol–water partition coefficient (Wildman–Crippen LogP) is 1.24. The van der Waals surface area contributed by atoms with E-state index in [9.17, 15) is 0 Å². The lowest BCUT2D eigenvalue weighted by Gasteiger charge is -2.24. The second-order valence-electron chi connectivity index (χ2n) is 4.46. The van der Waals surface area contributed by atoms with Crippen molar-refractivity contribution in [2.24, 2.45) is 0 Å². The number of nitrogens with one attached hydrogen (secondary N) is 2. The molecular formula is C14H26N2O3Si. The molecule has 0 unspecified atom stereocenters. The third-order valence-electron chi connectivity index (χ3n) is 3.19. The smallest absolute Gasteiger partial charge is 0.377 e. The summed E-state index contributed by atoms with van der Waals surface area (Å²) in [6.07, 6.45) is 0. The van der Waals surface area contributed by atoms with Crippen molar-refractivity contribution < 1.29 is 13.3 Å². The number of benzene rings is 1. The van der Waals surface area contributed by atoms with Gasteiger partial charge in [-0.1, -0.05) is 30.3 Å². The van der Waals surface area contributed by atoms with Crippen LogP contribution in [0.2, 0.25) is 6.04 Å². The average molecular weight is 298 g/mol. The molecule has 0 saturated carbocycles. The summed E-state index contributed by atoms with van der Waals surface area (Å²) in [5, 5.41) is 6.76. The van der Waals surface area contributed by atoms with E-state index < -0.39 is 8.80 Å². The summed E-state index contributed by atoms with van der Waals surface area (Å²) in [6, 6.07) is 11.2. The molecule has 0 amide bonds. The van der Waals surface area contributed by atoms with Crippen LogP contribution in [-0.2, 0) is 19.8 Å². The van der Waals surface area contributed by atoms with Gasteiger partial charge in [-0.15, -0.1) is 0 Å². The second kappa shape index (κ2) is 10.0. The van der Waals surface area contributed by atoms with Gasteiger partial charge in [0.15, 0.2) is 0 Å². The summed E-state index contributed by atoms with van der Waals surface area (Å²) in [6.45, 7) is 3.56. The molecule has 0 aromatic heterocycles. The summed E-state index contributed by atoms with van der Waals surface area (Å²) < 4.78 is 16.1. The zero-order chi connectivity index (χ0) is 14.7. The van der Waals surface area contributed by atoms with Gasteiger partial charge in [0.05, 0.1) is 0 Å². The first kappa shape index (κ1) is 17.3. The molecule has 1 rings (SSSR count). The number of rotatable bonds is 11. The molecule has 114 valence electrons. The van der Waals surface area contributed by atoms with Crippen LogP contribution in [0.15, 0.2) is 30.3 Å². The van der Waals surface area contributed by atoms with Crippen molar-refractivity contribution in [3.8, 4) is 0 Å². The van der Waals surface area contributed by atoms with Crippen LogP contribution in [0.4, 0.5) is 0 Å². The van der Waals surface area contributed by atoms with Gasteiger partial charge in [0.25, 0.3) is 0 Å². The molecule has 0 radical (unpaired) electrons. The van der Waals surface area contributed by atoms with Crippen LogP contribution >= 0.6 is 0 Å². The van der Waals surface area contributed by atoms with E-state index >= 15 is 0 Å². The van der Waals surface area contributed by atoms with Crippen molar-refractivity contribution >= 4 is 8.80 Å². The fourth-order valence-corrected chi connectivity index (χ4v) is 3.52. The molecule has 0 aliphatic heterocycles. The lowest BCUT2D eigenvalue weighted by molar-refractivity contribution is 0.123. The Balaban J connectivity index is 2.05. The molecule has 0 aliphatic rings. The highest BCUT2D eigenvalue weighted by molar-refractivity contribution is 6.60. The highest BCUT2D eigenvalue weighted by atomic mass is 28.4. The largest absolute Gasteiger partial charge is 0.501 e. The van der Waals surface area contributed by atoms with Gasteiger partial charge in [-0.25, -0.2) is 0 Å². The Kier molecular flexibility index (Phi) is 8.67. The Hall–Kier alpha value is -0.763. The minimum absolute atomic E-state index is 0.773. The van der Waals surface area contributed by atoms with Crippen molar-refractivity contribution in [3.63, 3.8) is 0 Å². The molecule has 1 aromatic carbocycles. The van der Waals surface area contributed by atoms with Gasteiger partial charge in [0.2, 0.25) is 0 Å². The molecule has 6 heteroatoms. The average Bonchev–Trinajstić information content (AvgIpc) is 2.52. The van der Waals surface area contributed by atoms with Crippen molar-refractivity contribution in [1.82, 2.24) is 10.6 Å². The number of hydrogen-bond acceptors (Lipinski definition) is 5. The lowest BCUT2D eigenvalue weighted by atomic mass is 10.2.